The fourth-order valence-corrected chi connectivity index (χ4v) is 5.55. The molecule has 2 N–H and O–H groups in total. The quantitative estimate of drug-likeness (QED) is 0.244. The molecule has 2 amide bonds. The highest BCUT2D eigenvalue weighted by atomic mass is 35.5. The zero-order valence-electron chi connectivity index (χ0n) is 20.4. The zero-order valence-corrected chi connectivity index (χ0v) is 22.0. The molecular formula is C27H31ClN4O3S. The molecular weight excluding hydrogens is 496 g/mol. The summed E-state index contributed by atoms with van der Waals surface area (Å²) in [5, 5.41) is 1.83. The number of carbonyl (C=O) groups is 2. The van der Waals surface area contributed by atoms with E-state index in [-0.39, 0.29) is 23.3 Å². The fraction of sp³-hybridized carbons (Fsp3) is 0.407. The summed E-state index contributed by atoms with van der Waals surface area (Å²) in [6.45, 7) is 3.71. The molecule has 1 aromatic heterocycles. The molecule has 0 atom stereocenters. The minimum Gasteiger partial charge on any atom is -0.369 e. The number of piperidine rings is 1. The first-order chi connectivity index (χ1) is 17.4. The number of primary amides is 1. The molecule has 2 heterocycles. The second kappa shape index (κ2) is 11.9. The van der Waals surface area contributed by atoms with Gasteiger partial charge in [-0.3, -0.25) is 19.0 Å². The lowest BCUT2D eigenvalue weighted by Gasteiger charge is -2.30. The number of nitrogens with two attached hydrogens (primary N) is 1. The van der Waals surface area contributed by atoms with Crippen LogP contribution < -0.4 is 11.3 Å². The van der Waals surface area contributed by atoms with Crippen LogP contribution in [0.4, 0.5) is 0 Å². The molecule has 4 rings (SSSR count). The lowest BCUT2D eigenvalue weighted by molar-refractivity contribution is -0.123. The second-order valence-corrected chi connectivity index (χ2v) is 10.6. The van der Waals surface area contributed by atoms with Crippen molar-refractivity contribution in [3.8, 4) is 0 Å². The number of aromatic nitrogens is 2. The number of thioether (sulfide) groups is 1. The van der Waals surface area contributed by atoms with E-state index in [1.54, 1.807) is 27.7 Å². The van der Waals surface area contributed by atoms with Crippen LogP contribution in [0.1, 0.15) is 54.9 Å². The van der Waals surface area contributed by atoms with Crippen molar-refractivity contribution in [1.29, 1.82) is 0 Å². The van der Waals surface area contributed by atoms with Gasteiger partial charge in [0.15, 0.2) is 5.16 Å². The van der Waals surface area contributed by atoms with Crippen LogP contribution in [0.25, 0.3) is 10.9 Å². The molecule has 7 nitrogen and oxygen atoms in total. The smallest absolute Gasteiger partial charge is 0.262 e. The van der Waals surface area contributed by atoms with Gasteiger partial charge in [0.25, 0.3) is 11.5 Å². The molecule has 2 aromatic carbocycles. The average Bonchev–Trinajstić information content (AvgIpc) is 2.89. The SMILES string of the molecule is CCCCCn1c(SCc2ccc(Cl)cc2)nc2cc(C(=O)N3CCC(C(N)=O)CC3)ccc2c1=O. The molecule has 0 bridgehead atoms. The summed E-state index contributed by atoms with van der Waals surface area (Å²) in [7, 11) is 0. The van der Waals surface area contributed by atoms with Gasteiger partial charge >= 0.3 is 0 Å². The minimum atomic E-state index is -0.309. The number of fused-ring (bicyclic) bond motifs is 1. The minimum absolute atomic E-state index is 0.0871. The van der Waals surface area contributed by atoms with E-state index in [1.807, 2.05) is 24.3 Å². The van der Waals surface area contributed by atoms with Crippen molar-refractivity contribution in [3.05, 3.63) is 69.0 Å². The van der Waals surface area contributed by atoms with Crippen molar-refractivity contribution in [3.63, 3.8) is 0 Å². The number of unbranched alkanes of at least 4 members (excludes halogenated alkanes) is 2. The van der Waals surface area contributed by atoms with Gasteiger partial charge in [-0.2, -0.15) is 0 Å². The summed E-state index contributed by atoms with van der Waals surface area (Å²) in [6, 6.07) is 12.8. The molecule has 0 unspecified atom stereocenters. The van der Waals surface area contributed by atoms with Crippen molar-refractivity contribution in [2.24, 2.45) is 11.7 Å². The van der Waals surface area contributed by atoms with E-state index in [2.05, 4.69) is 6.92 Å². The average molecular weight is 527 g/mol. The summed E-state index contributed by atoms with van der Waals surface area (Å²) in [6.07, 6.45) is 4.13. The molecule has 0 saturated carbocycles. The molecule has 36 heavy (non-hydrogen) atoms. The first-order valence-electron chi connectivity index (χ1n) is 12.4. The molecule has 1 aliphatic rings. The lowest BCUT2D eigenvalue weighted by Crippen LogP contribution is -2.41. The topological polar surface area (TPSA) is 98.3 Å². The summed E-state index contributed by atoms with van der Waals surface area (Å²) in [4.78, 5) is 44.6. The maximum Gasteiger partial charge on any atom is 0.262 e. The lowest BCUT2D eigenvalue weighted by atomic mass is 9.96. The standard InChI is InChI=1S/C27H31ClN4O3S/c1-2-3-4-13-32-26(35)22-10-7-20(25(34)31-14-11-19(12-15-31)24(29)33)16-23(22)30-27(32)36-17-18-5-8-21(28)9-6-18/h5-10,16,19H,2-4,11-15,17H2,1H3,(H2,29,33). The molecule has 0 spiro atoms. The van der Waals surface area contributed by atoms with Gasteiger partial charge in [-0.15, -0.1) is 0 Å². The first kappa shape index (κ1) is 26.2. The highest BCUT2D eigenvalue weighted by Gasteiger charge is 2.27. The Bertz CT molecular complexity index is 1300. The molecule has 0 radical (unpaired) electrons. The van der Waals surface area contributed by atoms with Crippen molar-refractivity contribution >= 4 is 46.1 Å². The maximum atomic E-state index is 13.4. The van der Waals surface area contributed by atoms with Gasteiger partial charge in [0.05, 0.1) is 10.9 Å². The van der Waals surface area contributed by atoms with E-state index in [0.29, 0.717) is 64.9 Å². The van der Waals surface area contributed by atoms with Gasteiger partial charge in [-0.1, -0.05) is 55.3 Å². The van der Waals surface area contributed by atoms with Crippen molar-refractivity contribution in [2.45, 2.75) is 56.5 Å². The number of benzene rings is 2. The molecule has 3 aromatic rings. The third-order valence-corrected chi connectivity index (χ3v) is 7.92. The van der Waals surface area contributed by atoms with E-state index >= 15 is 0 Å². The number of halogens is 1. The molecule has 1 fully saturated rings. The number of rotatable bonds is 9. The first-order valence-corrected chi connectivity index (χ1v) is 13.7. The zero-order chi connectivity index (χ0) is 25.7. The van der Waals surface area contributed by atoms with Gasteiger partial charge in [-0.05, 0) is 55.2 Å². The van der Waals surface area contributed by atoms with E-state index in [9.17, 15) is 14.4 Å². The number of likely N-dealkylation sites (tertiary alicyclic amines) is 1. The third kappa shape index (κ3) is 6.10. The Kier molecular flexibility index (Phi) is 8.69. The number of hydrogen-bond donors (Lipinski definition) is 1. The van der Waals surface area contributed by atoms with Crippen LogP contribution in [-0.2, 0) is 17.1 Å². The van der Waals surface area contributed by atoms with Gasteiger partial charge in [0.1, 0.15) is 0 Å². The Balaban J connectivity index is 1.62. The summed E-state index contributed by atoms with van der Waals surface area (Å²) >= 11 is 7.52. The monoisotopic (exact) mass is 526 g/mol. The van der Waals surface area contributed by atoms with Crippen molar-refractivity contribution in [2.75, 3.05) is 13.1 Å². The third-order valence-electron chi connectivity index (χ3n) is 6.62. The van der Waals surface area contributed by atoms with Gasteiger partial charge in [0.2, 0.25) is 5.91 Å². The van der Waals surface area contributed by atoms with E-state index in [1.165, 1.54) is 11.8 Å². The van der Waals surface area contributed by atoms with E-state index in [4.69, 9.17) is 22.3 Å². The summed E-state index contributed by atoms with van der Waals surface area (Å²) < 4.78 is 1.76. The normalized spacial score (nSPS) is 14.3. The van der Waals surface area contributed by atoms with Gasteiger partial charge in [0, 0.05) is 41.9 Å². The Morgan fingerprint density at radius 3 is 2.50 bits per heavy atom. The van der Waals surface area contributed by atoms with Crippen LogP contribution in [0.5, 0.6) is 0 Å². The second-order valence-electron chi connectivity index (χ2n) is 9.17. The molecule has 1 aliphatic heterocycles. The summed E-state index contributed by atoms with van der Waals surface area (Å²) in [5.74, 6) is 0.0368. The Labute approximate surface area is 220 Å². The highest BCUT2D eigenvalue weighted by molar-refractivity contribution is 7.98. The van der Waals surface area contributed by atoms with Crippen LogP contribution in [0.15, 0.2) is 52.4 Å². The van der Waals surface area contributed by atoms with E-state index in [0.717, 1.165) is 24.8 Å². The Hall–Kier alpha value is -2.84. The van der Waals surface area contributed by atoms with Crippen molar-refractivity contribution in [1.82, 2.24) is 14.5 Å². The maximum absolute atomic E-state index is 13.4. The van der Waals surface area contributed by atoms with E-state index < -0.39 is 0 Å². The van der Waals surface area contributed by atoms with Crippen LogP contribution >= 0.6 is 23.4 Å². The largest absolute Gasteiger partial charge is 0.369 e. The number of amides is 2. The van der Waals surface area contributed by atoms with Crippen LogP contribution in [0, 0.1) is 5.92 Å². The Morgan fingerprint density at radius 2 is 1.83 bits per heavy atom. The predicted molar refractivity (Wildman–Crippen MR) is 144 cm³/mol. The molecule has 9 heteroatoms. The van der Waals surface area contributed by atoms with Gasteiger partial charge in [-0.25, -0.2) is 4.98 Å². The number of carbonyl (C=O) groups excluding carboxylic acids is 2. The molecule has 1 saturated heterocycles. The van der Waals surface area contributed by atoms with Crippen molar-refractivity contribution < 1.29 is 9.59 Å². The molecule has 0 aliphatic carbocycles. The van der Waals surface area contributed by atoms with Crippen LogP contribution in [0.2, 0.25) is 5.02 Å². The number of hydrogen-bond acceptors (Lipinski definition) is 5. The highest BCUT2D eigenvalue weighted by Crippen LogP contribution is 2.25. The van der Waals surface area contributed by atoms with Gasteiger partial charge < -0.3 is 10.6 Å². The predicted octanol–water partition coefficient (Wildman–Crippen LogP) is 4.87. The molecule has 190 valence electrons. The van der Waals surface area contributed by atoms with Crippen LogP contribution in [0.3, 0.4) is 0 Å². The fourth-order valence-electron chi connectivity index (χ4n) is 4.44. The van der Waals surface area contributed by atoms with Crippen LogP contribution in [-0.4, -0.2) is 39.4 Å². The number of nitrogens with zero attached hydrogens (tertiary/aromatic N) is 3. The summed E-state index contributed by atoms with van der Waals surface area (Å²) in [5.41, 5.74) is 7.42. The Morgan fingerprint density at radius 1 is 1.11 bits per heavy atom.